The van der Waals surface area contributed by atoms with Gasteiger partial charge in [-0.05, 0) is 37.2 Å². The summed E-state index contributed by atoms with van der Waals surface area (Å²) in [5.41, 5.74) is 1.75. The highest BCUT2D eigenvalue weighted by atomic mass is 79.9. The van der Waals surface area contributed by atoms with Crippen molar-refractivity contribution in [3.8, 4) is 0 Å². The zero-order chi connectivity index (χ0) is 10.2. The normalized spacial score (nSPS) is 32.4. The lowest BCUT2D eigenvalue weighted by Gasteiger charge is -2.21. The van der Waals surface area contributed by atoms with Crippen LogP contribution in [-0.4, -0.2) is 14.6 Å². The minimum absolute atomic E-state index is 0.349. The summed E-state index contributed by atoms with van der Waals surface area (Å²) in [6.45, 7) is 5.44. The summed E-state index contributed by atoms with van der Waals surface area (Å²) >= 11 is 3.71. The molecule has 2 nitrogen and oxygen atoms in total. The lowest BCUT2D eigenvalue weighted by atomic mass is 9.83. The molecule has 2 atom stereocenters. The van der Waals surface area contributed by atoms with Crippen molar-refractivity contribution in [2.75, 3.05) is 0 Å². The van der Waals surface area contributed by atoms with E-state index in [1.165, 1.54) is 24.8 Å². The van der Waals surface area contributed by atoms with Gasteiger partial charge in [-0.15, -0.1) is 0 Å². The fourth-order valence-electron chi connectivity index (χ4n) is 2.28. The number of hydrogen-bond donors (Lipinski definition) is 0. The van der Waals surface area contributed by atoms with Gasteiger partial charge in [-0.25, -0.2) is 0 Å². The summed E-state index contributed by atoms with van der Waals surface area (Å²) in [5.74, 6) is 0. The molecule has 14 heavy (non-hydrogen) atoms. The van der Waals surface area contributed by atoms with Crippen molar-refractivity contribution in [1.29, 1.82) is 0 Å². The van der Waals surface area contributed by atoms with Crippen molar-refractivity contribution >= 4 is 15.9 Å². The van der Waals surface area contributed by atoms with E-state index in [-0.39, 0.29) is 0 Å². The summed E-state index contributed by atoms with van der Waals surface area (Å²) in [6.07, 6.45) is 8.04. The molecule has 0 amide bonds. The monoisotopic (exact) mass is 256 g/mol. The Balaban J connectivity index is 2.21. The molecule has 0 spiro atoms. The number of halogens is 1. The van der Waals surface area contributed by atoms with Gasteiger partial charge in [-0.2, -0.15) is 5.10 Å². The fraction of sp³-hybridized carbons (Fsp3) is 0.727. The highest BCUT2D eigenvalue weighted by molar-refractivity contribution is 9.09. The van der Waals surface area contributed by atoms with Crippen molar-refractivity contribution in [3.05, 3.63) is 18.0 Å². The molecule has 0 N–H and O–H groups in total. The molecule has 1 aliphatic carbocycles. The van der Waals surface area contributed by atoms with Crippen LogP contribution in [0.25, 0.3) is 0 Å². The van der Waals surface area contributed by atoms with E-state index in [1.54, 1.807) is 0 Å². The number of nitrogens with zero attached hydrogens (tertiary/aromatic N) is 2. The molecule has 0 saturated heterocycles. The zero-order valence-corrected chi connectivity index (χ0v) is 10.4. The third-order valence-corrected chi connectivity index (χ3v) is 4.12. The molecular formula is C11H17BrN2. The average Bonchev–Trinajstić information content (AvgIpc) is 2.73. The lowest BCUT2D eigenvalue weighted by molar-refractivity contribution is 0.492. The first-order valence-corrected chi connectivity index (χ1v) is 6.22. The van der Waals surface area contributed by atoms with Crippen molar-refractivity contribution in [1.82, 2.24) is 9.78 Å². The third-order valence-electron chi connectivity index (χ3n) is 3.34. The Hall–Kier alpha value is -0.310. The standard InChI is InChI=1S/C11H17BrN2/c1-3-14-8-9(7-13-14)11(2)5-4-10(12)6-11/h7-8,10H,3-6H2,1-2H3. The van der Waals surface area contributed by atoms with E-state index in [9.17, 15) is 0 Å². The molecule has 2 rings (SSSR count). The van der Waals surface area contributed by atoms with Gasteiger partial charge in [0.05, 0.1) is 6.20 Å². The van der Waals surface area contributed by atoms with E-state index in [4.69, 9.17) is 0 Å². The molecule has 1 heterocycles. The molecule has 1 fully saturated rings. The number of hydrogen-bond acceptors (Lipinski definition) is 1. The largest absolute Gasteiger partial charge is 0.273 e. The summed E-state index contributed by atoms with van der Waals surface area (Å²) < 4.78 is 2.02. The number of aryl methyl sites for hydroxylation is 1. The predicted octanol–water partition coefficient (Wildman–Crippen LogP) is 3.11. The first-order valence-electron chi connectivity index (χ1n) is 5.31. The van der Waals surface area contributed by atoms with Gasteiger partial charge < -0.3 is 0 Å². The van der Waals surface area contributed by atoms with E-state index in [1.807, 2.05) is 10.9 Å². The van der Waals surface area contributed by atoms with Crippen LogP contribution in [0.5, 0.6) is 0 Å². The van der Waals surface area contributed by atoms with Crippen LogP contribution < -0.4 is 0 Å². The topological polar surface area (TPSA) is 17.8 Å². The van der Waals surface area contributed by atoms with Gasteiger partial charge in [0.15, 0.2) is 0 Å². The second kappa shape index (κ2) is 3.69. The molecule has 0 aromatic carbocycles. The molecule has 0 radical (unpaired) electrons. The van der Waals surface area contributed by atoms with Crippen LogP contribution in [0.3, 0.4) is 0 Å². The van der Waals surface area contributed by atoms with Gasteiger partial charge in [0, 0.05) is 17.6 Å². The van der Waals surface area contributed by atoms with Crippen LogP contribution in [0.15, 0.2) is 12.4 Å². The van der Waals surface area contributed by atoms with E-state index < -0.39 is 0 Å². The maximum absolute atomic E-state index is 4.35. The number of alkyl halides is 1. The van der Waals surface area contributed by atoms with Crippen molar-refractivity contribution in [3.63, 3.8) is 0 Å². The summed E-state index contributed by atoms with van der Waals surface area (Å²) in [7, 11) is 0. The Labute approximate surface area is 93.8 Å². The molecule has 2 unspecified atom stereocenters. The van der Waals surface area contributed by atoms with E-state index in [0.717, 1.165) is 6.54 Å². The average molecular weight is 257 g/mol. The molecule has 0 bridgehead atoms. The van der Waals surface area contributed by atoms with Crippen LogP contribution in [-0.2, 0) is 12.0 Å². The molecule has 0 aliphatic heterocycles. The van der Waals surface area contributed by atoms with Gasteiger partial charge in [-0.3, -0.25) is 4.68 Å². The quantitative estimate of drug-likeness (QED) is 0.744. The summed E-state index contributed by atoms with van der Waals surface area (Å²) in [4.78, 5) is 0.692. The molecule has 1 aromatic rings. The molecule has 78 valence electrons. The van der Waals surface area contributed by atoms with Gasteiger partial charge >= 0.3 is 0 Å². The molecule has 1 aliphatic rings. The second-order valence-electron chi connectivity index (χ2n) is 4.49. The van der Waals surface area contributed by atoms with Crippen LogP contribution in [0.2, 0.25) is 0 Å². The van der Waals surface area contributed by atoms with Gasteiger partial charge in [0.1, 0.15) is 0 Å². The van der Waals surface area contributed by atoms with Crippen molar-refractivity contribution in [2.24, 2.45) is 0 Å². The third kappa shape index (κ3) is 1.74. The summed E-state index contributed by atoms with van der Waals surface area (Å²) in [5, 5.41) is 4.35. The minimum Gasteiger partial charge on any atom is -0.273 e. The minimum atomic E-state index is 0.349. The predicted molar refractivity (Wildman–Crippen MR) is 61.8 cm³/mol. The first kappa shape index (κ1) is 10.2. The Morgan fingerprint density at radius 2 is 2.50 bits per heavy atom. The Morgan fingerprint density at radius 3 is 3.00 bits per heavy atom. The maximum atomic E-state index is 4.35. The molecular weight excluding hydrogens is 240 g/mol. The van der Waals surface area contributed by atoms with Crippen LogP contribution in [0, 0.1) is 0 Å². The van der Waals surface area contributed by atoms with Gasteiger partial charge in [-0.1, -0.05) is 22.9 Å². The lowest BCUT2D eigenvalue weighted by Crippen LogP contribution is -2.16. The van der Waals surface area contributed by atoms with Crippen LogP contribution in [0.1, 0.15) is 38.7 Å². The molecule has 1 saturated carbocycles. The highest BCUT2D eigenvalue weighted by Crippen LogP contribution is 2.43. The number of rotatable bonds is 2. The Bertz CT molecular complexity index is 321. The second-order valence-corrected chi connectivity index (χ2v) is 5.78. The van der Waals surface area contributed by atoms with E-state index >= 15 is 0 Å². The van der Waals surface area contributed by atoms with E-state index in [0.29, 0.717) is 10.2 Å². The Morgan fingerprint density at radius 1 is 1.71 bits per heavy atom. The smallest absolute Gasteiger partial charge is 0.0527 e. The first-order chi connectivity index (χ1) is 6.64. The Kier molecular flexibility index (Phi) is 2.69. The van der Waals surface area contributed by atoms with Crippen LogP contribution >= 0.6 is 15.9 Å². The van der Waals surface area contributed by atoms with Crippen molar-refractivity contribution in [2.45, 2.75) is 49.9 Å². The van der Waals surface area contributed by atoms with Gasteiger partial charge in [0.25, 0.3) is 0 Å². The highest BCUT2D eigenvalue weighted by Gasteiger charge is 2.36. The molecule has 1 aromatic heterocycles. The SMILES string of the molecule is CCn1cc(C2(C)CCC(Br)C2)cn1. The summed E-state index contributed by atoms with van der Waals surface area (Å²) in [6, 6.07) is 0. The van der Waals surface area contributed by atoms with Crippen molar-refractivity contribution < 1.29 is 0 Å². The fourth-order valence-corrected chi connectivity index (χ4v) is 3.22. The van der Waals surface area contributed by atoms with E-state index in [2.05, 4.69) is 41.1 Å². The number of aromatic nitrogens is 2. The zero-order valence-electron chi connectivity index (χ0n) is 8.83. The maximum Gasteiger partial charge on any atom is 0.0527 e. The molecule has 3 heteroatoms. The van der Waals surface area contributed by atoms with Gasteiger partial charge in [0.2, 0.25) is 0 Å². The van der Waals surface area contributed by atoms with Crippen LogP contribution in [0.4, 0.5) is 0 Å².